The molecule has 0 aromatic carbocycles. The monoisotopic (exact) mass is 734 g/mol. The molecule has 0 aromatic rings. The first-order valence-electron chi connectivity index (χ1n) is 19.3. The second kappa shape index (κ2) is 34.7. The molecule has 0 aliphatic carbocycles. The normalized spacial score (nSPS) is 14.9. The standard InChI is InChI=1S/C42H72NO7P/c1-6-8-10-12-14-15-16-17-18-19-20-21-22-23-24-25-26-27-28-29-30-31-33-35-42(44)50-41(39-47-37-34-32-13-11-9-7-2)40-49-51(45,46)48-38-36-43(3,4)5/h8,10,14-15,17-18,20-21,23-24,26-27,29-30,41H,6-7,9,11-13,16,19,22,25,28,31-40H2,1-5H3/b10-8-,15-14-,18-17-,21-20-,24-23-,27-26-,30-29-. The highest BCUT2D eigenvalue weighted by Gasteiger charge is 2.20. The number of esters is 1. The van der Waals surface area contributed by atoms with E-state index in [0.717, 1.165) is 64.2 Å². The van der Waals surface area contributed by atoms with Crippen LogP contribution in [0.2, 0.25) is 0 Å². The Labute approximate surface area is 312 Å². The highest BCUT2D eigenvalue weighted by molar-refractivity contribution is 7.45. The number of allylic oxidation sites excluding steroid dienone is 14. The van der Waals surface area contributed by atoms with Crippen LogP contribution in [-0.2, 0) is 27.9 Å². The van der Waals surface area contributed by atoms with E-state index in [1.54, 1.807) is 0 Å². The first kappa shape index (κ1) is 48.7. The van der Waals surface area contributed by atoms with E-state index in [1.807, 2.05) is 21.1 Å². The van der Waals surface area contributed by atoms with Crippen LogP contribution in [0.3, 0.4) is 0 Å². The van der Waals surface area contributed by atoms with E-state index in [9.17, 15) is 14.3 Å². The average Bonchev–Trinajstić information content (AvgIpc) is 3.08. The maximum absolute atomic E-state index is 12.5. The molecule has 0 heterocycles. The fourth-order valence-corrected chi connectivity index (χ4v) is 5.20. The van der Waals surface area contributed by atoms with Crippen LogP contribution in [0.1, 0.15) is 117 Å². The number of ether oxygens (including phenoxy) is 2. The number of unbranched alkanes of at least 4 members (excludes halogenated alkanes) is 6. The van der Waals surface area contributed by atoms with Gasteiger partial charge in [0.1, 0.15) is 19.3 Å². The number of hydrogen-bond acceptors (Lipinski definition) is 7. The van der Waals surface area contributed by atoms with Crippen molar-refractivity contribution in [2.75, 3.05) is 54.1 Å². The van der Waals surface area contributed by atoms with Gasteiger partial charge in [0, 0.05) is 13.0 Å². The first-order chi connectivity index (χ1) is 24.6. The molecule has 0 rings (SSSR count). The van der Waals surface area contributed by atoms with E-state index in [0.29, 0.717) is 24.1 Å². The van der Waals surface area contributed by atoms with E-state index in [1.165, 1.54) is 25.7 Å². The van der Waals surface area contributed by atoms with Crippen LogP contribution in [0.15, 0.2) is 85.1 Å². The number of hydrogen-bond donors (Lipinski definition) is 0. The van der Waals surface area contributed by atoms with Crippen LogP contribution in [0.25, 0.3) is 0 Å². The number of phosphoric acid groups is 1. The maximum Gasteiger partial charge on any atom is 0.306 e. The topological polar surface area (TPSA) is 94.1 Å². The van der Waals surface area contributed by atoms with Crippen molar-refractivity contribution in [3.05, 3.63) is 85.1 Å². The molecule has 0 bridgehead atoms. The number of carbonyl (C=O) groups is 1. The molecule has 0 amide bonds. The van der Waals surface area contributed by atoms with Gasteiger partial charge in [0.05, 0.1) is 34.4 Å². The molecule has 0 aliphatic heterocycles. The van der Waals surface area contributed by atoms with Gasteiger partial charge in [-0.2, -0.15) is 0 Å². The Kier molecular flexibility index (Phi) is 33.2. The van der Waals surface area contributed by atoms with E-state index < -0.39 is 19.9 Å². The number of carbonyl (C=O) groups excluding carboxylic acids is 1. The van der Waals surface area contributed by atoms with Crippen molar-refractivity contribution in [3.8, 4) is 0 Å². The molecule has 0 saturated heterocycles. The van der Waals surface area contributed by atoms with Crippen LogP contribution in [0.5, 0.6) is 0 Å². The minimum Gasteiger partial charge on any atom is -0.756 e. The predicted molar refractivity (Wildman–Crippen MR) is 212 cm³/mol. The largest absolute Gasteiger partial charge is 0.756 e. The molecule has 8 nitrogen and oxygen atoms in total. The Hall–Kier alpha value is -2.32. The Morgan fingerprint density at radius 3 is 1.63 bits per heavy atom. The van der Waals surface area contributed by atoms with Gasteiger partial charge in [0.25, 0.3) is 7.82 Å². The lowest BCUT2D eigenvalue weighted by Gasteiger charge is -2.28. The van der Waals surface area contributed by atoms with Gasteiger partial charge in [-0.25, -0.2) is 0 Å². The highest BCUT2D eigenvalue weighted by Crippen LogP contribution is 2.38. The van der Waals surface area contributed by atoms with Gasteiger partial charge in [-0.1, -0.05) is 131 Å². The summed E-state index contributed by atoms with van der Waals surface area (Å²) in [6, 6.07) is 0. The molecule has 0 spiro atoms. The lowest BCUT2D eigenvalue weighted by molar-refractivity contribution is -0.870. The van der Waals surface area contributed by atoms with Crippen LogP contribution in [0, 0.1) is 0 Å². The molecule has 2 atom stereocenters. The van der Waals surface area contributed by atoms with E-state index in [2.05, 4.69) is 98.9 Å². The number of nitrogens with zero attached hydrogens (tertiary/aromatic N) is 1. The molecule has 51 heavy (non-hydrogen) atoms. The summed E-state index contributed by atoms with van der Waals surface area (Å²) in [5.74, 6) is -0.399. The summed E-state index contributed by atoms with van der Waals surface area (Å²) < 4.78 is 34.2. The third kappa shape index (κ3) is 38.7. The molecule has 0 aromatic heterocycles. The second-order valence-electron chi connectivity index (χ2n) is 13.6. The minimum absolute atomic E-state index is 0.0108. The third-order valence-corrected chi connectivity index (χ3v) is 8.43. The third-order valence-electron chi connectivity index (χ3n) is 7.46. The first-order valence-corrected chi connectivity index (χ1v) is 20.8. The van der Waals surface area contributed by atoms with Crippen molar-refractivity contribution >= 4 is 13.8 Å². The van der Waals surface area contributed by atoms with Crippen molar-refractivity contribution in [2.24, 2.45) is 0 Å². The van der Waals surface area contributed by atoms with Crippen LogP contribution in [-0.4, -0.2) is 70.7 Å². The zero-order chi connectivity index (χ0) is 37.7. The summed E-state index contributed by atoms with van der Waals surface area (Å²) in [5.41, 5.74) is 0. The summed E-state index contributed by atoms with van der Waals surface area (Å²) in [5, 5.41) is 0. The highest BCUT2D eigenvalue weighted by atomic mass is 31.2. The van der Waals surface area contributed by atoms with Crippen molar-refractivity contribution in [1.82, 2.24) is 0 Å². The van der Waals surface area contributed by atoms with Gasteiger partial charge >= 0.3 is 5.97 Å². The quantitative estimate of drug-likeness (QED) is 0.0214. The molecular formula is C42H72NO7P. The molecule has 0 radical (unpaired) electrons. The fraction of sp³-hybridized carbons (Fsp3) is 0.643. The van der Waals surface area contributed by atoms with E-state index >= 15 is 0 Å². The SMILES string of the molecule is CC/C=C\C/C=C\C/C=C\C/C=C\C/C=C\C/C=C\C/C=C\CCCC(=O)OC(COCCCCCCCC)COP(=O)([O-])OCC[N+](C)(C)C. The van der Waals surface area contributed by atoms with Gasteiger partial charge in [0.15, 0.2) is 0 Å². The molecule has 0 fully saturated rings. The fourth-order valence-electron chi connectivity index (χ4n) is 4.47. The van der Waals surface area contributed by atoms with E-state index in [-0.39, 0.29) is 26.2 Å². The Balaban J connectivity index is 4.30. The van der Waals surface area contributed by atoms with Crippen molar-refractivity contribution in [3.63, 3.8) is 0 Å². The Morgan fingerprint density at radius 1 is 0.627 bits per heavy atom. The van der Waals surface area contributed by atoms with Gasteiger partial charge in [-0.15, -0.1) is 0 Å². The predicted octanol–water partition coefficient (Wildman–Crippen LogP) is 10.3. The van der Waals surface area contributed by atoms with Gasteiger partial charge in [-0.3, -0.25) is 9.36 Å². The van der Waals surface area contributed by atoms with Crippen molar-refractivity contribution in [1.29, 1.82) is 0 Å². The van der Waals surface area contributed by atoms with Crippen molar-refractivity contribution in [2.45, 2.75) is 123 Å². The maximum atomic E-state index is 12.5. The van der Waals surface area contributed by atoms with Crippen LogP contribution < -0.4 is 4.89 Å². The molecule has 292 valence electrons. The van der Waals surface area contributed by atoms with E-state index in [4.69, 9.17) is 18.5 Å². The molecular weight excluding hydrogens is 661 g/mol. The van der Waals surface area contributed by atoms with Crippen molar-refractivity contribution < 1.29 is 37.3 Å². The zero-order valence-corrected chi connectivity index (χ0v) is 33.7. The van der Waals surface area contributed by atoms with Gasteiger partial charge in [-0.05, 0) is 64.2 Å². The van der Waals surface area contributed by atoms with Gasteiger partial charge in [0.2, 0.25) is 0 Å². The summed E-state index contributed by atoms with van der Waals surface area (Å²) >= 11 is 0. The summed E-state index contributed by atoms with van der Waals surface area (Å²) in [6.45, 7) is 5.12. The minimum atomic E-state index is -4.53. The lowest BCUT2D eigenvalue weighted by Crippen LogP contribution is -2.37. The number of rotatable bonds is 34. The van der Waals surface area contributed by atoms with Crippen LogP contribution >= 0.6 is 7.82 Å². The lowest BCUT2D eigenvalue weighted by atomic mass is 10.1. The molecule has 9 heteroatoms. The number of phosphoric ester groups is 1. The smallest absolute Gasteiger partial charge is 0.306 e. The Morgan fingerprint density at radius 2 is 1.12 bits per heavy atom. The molecule has 0 saturated carbocycles. The zero-order valence-electron chi connectivity index (χ0n) is 32.8. The summed E-state index contributed by atoms with van der Waals surface area (Å²) in [4.78, 5) is 24.8. The average molecular weight is 734 g/mol. The molecule has 2 unspecified atom stereocenters. The number of quaternary nitrogens is 1. The second-order valence-corrected chi connectivity index (χ2v) is 15.0. The molecule has 0 N–H and O–H groups in total. The molecule has 0 aliphatic rings. The number of likely N-dealkylation sites (N-methyl/N-ethyl adjacent to an activating group) is 1. The summed E-state index contributed by atoms with van der Waals surface area (Å²) in [7, 11) is 1.30. The van der Waals surface area contributed by atoms with Gasteiger partial charge < -0.3 is 27.9 Å². The Bertz CT molecular complexity index is 1090. The van der Waals surface area contributed by atoms with Crippen LogP contribution in [0.4, 0.5) is 0 Å². The summed E-state index contributed by atoms with van der Waals surface area (Å²) in [6.07, 6.45) is 44.8.